The molecule has 1 aliphatic rings. The van der Waals surface area contributed by atoms with Crippen LogP contribution in [0.4, 0.5) is 0 Å². The van der Waals surface area contributed by atoms with Gasteiger partial charge in [-0.3, -0.25) is 0 Å². The zero-order chi connectivity index (χ0) is 10.7. The SMILES string of the molecule is CCNC(Cc1cccc(C)c1)C1CC1. The van der Waals surface area contributed by atoms with Crippen LogP contribution < -0.4 is 5.32 Å². The summed E-state index contributed by atoms with van der Waals surface area (Å²) in [4.78, 5) is 0. The van der Waals surface area contributed by atoms with E-state index in [-0.39, 0.29) is 0 Å². The van der Waals surface area contributed by atoms with Gasteiger partial charge in [-0.15, -0.1) is 0 Å². The fourth-order valence-electron chi connectivity index (χ4n) is 2.26. The smallest absolute Gasteiger partial charge is 0.0136 e. The Kier molecular flexibility index (Phi) is 3.42. The van der Waals surface area contributed by atoms with E-state index in [1.54, 1.807) is 0 Å². The summed E-state index contributed by atoms with van der Waals surface area (Å²) in [5.74, 6) is 0.936. The van der Waals surface area contributed by atoms with E-state index in [0.717, 1.165) is 12.5 Å². The first-order valence-electron chi connectivity index (χ1n) is 6.08. The molecule has 0 aliphatic heterocycles. The van der Waals surface area contributed by atoms with Crippen LogP contribution in [-0.2, 0) is 6.42 Å². The molecule has 1 fully saturated rings. The Morgan fingerprint density at radius 2 is 2.20 bits per heavy atom. The summed E-state index contributed by atoms with van der Waals surface area (Å²) in [6, 6.07) is 9.60. The molecule has 1 aromatic rings. The van der Waals surface area contributed by atoms with Crippen LogP contribution in [0.2, 0.25) is 0 Å². The quantitative estimate of drug-likeness (QED) is 0.776. The highest BCUT2D eigenvalue weighted by Crippen LogP contribution is 2.34. The summed E-state index contributed by atoms with van der Waals surface area (Å²) in [5.41, 5.74) is 2.85. The molecule has 1 unspecified atom stereocenters. The Morgan fingerprint density at radius 1 is 1.40 bits per heavy atom. The summed E-state index contributed by atoms with van der Waals surface area (Å²) in [5, 5.41) is 3.61. The number of nitrogens with one attached hydrogen (secondary N) is 1. The molecule has 1 atom stereocenters. The van der Waals surface area contributed by atoms with Crippen molar-refractivity contribution in [3.05, 3.63) is 35.4 Å². The molecule has 0 saturated heterocycles. The van der Waals surface area contributed by atoms with Gasteiger partial charge in [0, 0.05) is 6.04 Å². The lowest BCUT2D eigenvalue weighted by Crippen LogP contribution is -2.32. The molecule has 1 aromatic carbocycles. The lowest BCUT2D eigenvalue weighted by molar-refractivity contribution is 0.472. The van der Waals surface area contributed by atoms with E-state index < -0.39 is 0 Å². The summed E-state index contributed by atoms with van der Waals surface area (Å²) in [6.45, 7) is 5.46. The maximum Gasteiger partial charge on any atom is 0.0136 e. The highest BCUT2D eigenvalue weighted by molar-refractivity contribution is 5.23. The fraction of sp³-hybridized carbons (Fsp3) is 0.571. The van der Waals surface area contributed by atoms with Crippen molar-refractivity contribution < 1.29 is 0 Å². The van der Waals surface area contributed by atoms with Crippen LogP contribution in [0.25, 0.3) is 0 Å². The highest BCUT2D eigenvalue weighted by atomic mass is 14.9. The van der Waals surface area contributed by atoms with Crippen LogP contribution >= 0.6 is 0 Å². The highest BCUT2D eigenvalue weighted by Gasteiger charge is 2.30. The van der Waals surface area contributed by atoms with Crippen LogP contribution in [0.3, 0.4) is 0 Å². The zero-order valence-electron chi connectivity index (χ0n) is 9.79. The fourth-order valence-corrected chi connectivity index (χ4v) is 2.26. The van der Waals surface area contributed by atoms with Crippen molar-refractivity contribution in [2.45, 2.75) is 39.2 Å². The molecule has 1 heteroatoms. The van der Waals surface area contributed by atoms with Gasteiger partial charge in [0.15, 0.2) is 0 Å². The summed E-state index contributed by atoms with van der Waals surface area (Å²) < 4.78 is 0. The predicted molar refractivity (Wildman–Crippen MR) is 65.1 cm³/mol. The van der Waals surface area contributed by atoms with Crippen LogP contribution in [0.5, 0.6) is 0 Å². The maximum absolute atomic E-state index is 3.61. The number of hydrogen-bond acceptors (Lipinski definition) is 1. The van der Waals surface area contributed by atoms with E-state index in [1.807, 2.05) is 0 Å². The second-order valence-corrected chi connectivity index (χ2v) is 4.69. The number of hydrogen-bond donors (Lipinski definition) is 1. The normalized spacial score (nSPS) is 17.7. The Morgan fingerprint density at radius 3 is 2.80 bits per heavy atom. The van der Waals surface area contributed by atoms with Gasteiger partial charge in [-0.1, -0.05) is 36.8 Å². The third-order valence-corrected chi connectivity index (χ3v) is 3.20. The Hall–Kier alpha value is -0.820. The third-order valence-electron chi connectivity index (χ3n) is 3.20. The molecule has 15 heavy (non-hydrogen) atoms. The van der Waals surface area contributed by atoms with Crippen molar-refractivity contribution in [1.82, 2.24) is 5.32 Å². The molecule has 82 valence electrons. The topological polar surface area (TPSA) is 12.0 Å². The van der Waals surface area contributed by atoms with Gasteiger partial charge in [0.05, 0.1) is 0 Å². The van der Waals surface area contributed by atoms with E-state index >= 15 is 0 Å². The van der Waals surface area contributed by atoms with Crippen molar-refractivity contribution >= 4 is 0 Å². The molecule has 1 aliphatic carbocycles. The van der Waals surface area contributed by atoms with Crippen molar-refractivity contribution in [2.75, 3.05) is 6.54 Å². The molecular formula is C14H21N. The van der Waals surface area contributed by atoms with Gasteiger partial charge in [-0.2, -0.15) is 0 Å². The summed E-state index contributed by atoms with van der Waals surface area (Å²) in [7, 11) is 0. The molecule has 0 bridgehead atoms. The second kappa shape index (κ2) is 4.80. The van der Waals surface area contributed by atoms with Gasteiger partial charge in [0.25, 0.3) is 0 Å². The molecular weight excluding hydrogens is 182 g/mol. The first kappa shape index (κ1) is 10.7. The lowest BCUT2D eigenvalue weighted by atomic mass is 10.0. The molecule has 0 heterocycles. The standard InChI is InChI=1S/C14H21N/c1-3-15-14(13-7-8-13)10-12-6-4-5-11(2)9-12/h4-6,9,13-15H,3,7-8,10H2,1-2H3. The van der Waals surface area contributed by atoms with Gasteiger partial charge in [-0.25, -0.2) is 0 Å². The average molecular weight is 203 g/mol. The first-order valence-corrected chi connectivity index (χ1v) is 6.08. The largest absolute Gasteiger partial charge is 0.314 e. The molecule has 1 nitrogen and oxygen atoms in total. The summed E-state index contributed by atoms with van der Waals surface area (Å²) >= 11 is 0. The van der Waals surface area contributed by atoms with E-state index in [4.69, 9.17) is 0 Å². The van der Waals surface area contributed by atoms with Crippen molar-refractivity contribution in [1.29, 1.82) is 0 Å². The van der Waals surface area contributed by atoms with Crippen LogP contribution in [0.1, 0.15) is 30.9 Å². The number of benzene rings is 1. The zero-order valence-corrected chi connectivity index (χ0v) is 9.79. The van der Waals surface area contributed by atoms with Crippen molar-refractivity contribution in [3.63, 3.8) is 0 Å². The van der Waals surface area contributed by atoms with Crippen LogP contribution in [-0.4, -0.2) is 12.6 Å². The molecule has 0 amide bonds. The molecule has 0 radical (unpaired) electrons. The van der Waals surface area contributed by atoms with E-state index in [9.17, 15) is 0 Å². The van der Waals surface area contributed by atoms with Gasteiger partial charge in [-0.05, 0) is 44.2 Å². The van der Waals surface area contributed by atoms with Crippen molar-refractivity contribution in [2.24, 2.45) is 5.92 Å². The third kappa shape index (κ3) is 3.07. The predicted octanol–water partition coefficient (Wildman–Crippen LogP) is 2.93. The number of likely N-dealkylation sites (N-methyl/N-ethyl adjacent to an activating group) is 1. The Bertz CT molecular complexity index is 315. The van der Waals surface area contributed by atoms with Crippen LogP contribution in [0, 0.1) is 12.8 Å². The Balaban J connectivity index is 1.98. The van der Waals surface area contributed by atoms with Gasteiger partial charge in [0.1, 0.15) is 0 Å². The number of rotatable bonds is 5. The van der Waals surface area contributed by atoms with Gasteiger partial charge >= 0.3 is 0 Å². The Labute approximate surface area is 92.9 Å². The second-order valence-electron chi connectivity index (χ2n) is 4.69. The minimum Gasteiger partial charge on any atom is -0.314 e. The lowest BCUT2D eigenvalue weighted by Gasteiger charge is -2.17. The minimum atomic E-state index is 0.705. The van der Waals surface area contributed by atoms with Gasteiger partial charge in [0.2, 0.25) is 0 Å². The number of aryl methyl sites for hydroxylation is 1. The molecule has 1 saturated carbocycles. The van der Waals surface area contributed by atoms with E-state index in [0.29, 0.717) is 6.04 Å². The molecule has 0 aromatic heterocycles. The van der Waals surface area contributed by atoms with E-state index in [1.165, 1.54) is 30.4 Å². The maximum atomic E-state index is 3.61. The summed E-state index contributed by atoms with van der Waals surface area (Å²) in [6.07, 6.45) is 4.03. The molecule has 0 spiro atoms. The molecule has 1 N–H and O–H groups in total. The van der Waals surface area contributed by atoms with Crippen LogP contribution in [0.15, 0.2) is 24.3 Å². The van der Waals surface area contributed by atoms with Crippen molar-refractivity contribution in [3.8, 4) is 0 Å². The first-order chi connectivity index (χ1) is 7.29. The average Bonchev–Trinajstić information content (AvgIpc) is 3.00. The minimum absolute atomic E-state index is 0.705. The van der Waals surface area contributed by atoms with E-state index in [2.05, 4.69) is 43.4 Å². The molecule has 2 rings (SSSR count). The van der Waals surface area contributed by atoms with Gasteiger partial charge < -0.3 is 5.32 Å². The monoisotopic (exact) mass is 203 g/mol.